The van der Waals surface area contributed by atoms with E-state index in [-0.39, 0.29) is 30.3 Å². The van der Waals surface area contributed by atoms with Crippen molar-refractivity contribution < 1.29 is 17.9 Å². The number of primary amides is 1. The fraction of sp³-hybridized carbons (Fsp3) is 0.190. The number of morpholine rings is 1. The van der Waals surface area contributed by atoms with Crippen LogP contribution in [0.1, 0.15) is 22.2 Å². The van der Waals surface area contributed by atoms with Crippen molar-refractivity contribution in [1.29, 1.82) is 0 Å². The summed E-state index contributed by atoms with van der Waals surface area (Å²) in [5.41, 5.74) is 7.66. The third-order valence-corrected chi connectivity index (χ3v) is 7.75. The van der Waals surface area contributed by atoms with Crippen LogP contribution in [-0.2, 0) is 14.8 Å². The molecule has 4 aromatic rings. The van der Waals surface area contributed by atoms with Crippen LogP contribution < -0.4 is 5.73 Å². The summed E-state index contributed by atoms with van der Waals surface area (Å²) in [7, 11) is -4.06. The minimum atomic E-state index is -4.06. The van der Waals surface area contributed by atoms with Crippen LogP contribution >= 0.6 is 11.6 Å². The first-order valence-electron chi connectivity index (χ1n) is 9.65. The molecule has 1 saturated heterocycles. The summed E-state index contributed by atoms with van der Waals surface area (Å²) in [6.45, 7) is 0.491. The summed E-state index contributed by atoms with van der Waals surface area (Å²) in [5.74, 6) is -0.854. The highest BCUT2D eigenvalue weighted by Gasteiger charge is 2.36. The van der Waals surface area contributed by atoms with Crippen LogP contribution in [0.4, 0.5) is 0 Å². The van der Waals surface area contributed by atoms with Crippen LogP contribution in [0.3, 0.4) is 0 Å². The van der Waals surface area contributed by atoms with Crippen LogP contribution in [-0.4, -0.2) is 48.3 Å². The fourth-order valence-electron chi connectivity index (χ4n) is 4.13. The van der Waals surface area contributed by atoms with Crippen molar-refractivity contribution in [3.63, 3.8) is 0 Å². The Morgan fingerprint density at radius 2 is 2.00 bits per heavy atom. The standard InChI is InChI=1S/C21H19ClN4O4S/c22-12-4-5-17-15(10-12)20(19(25-17)21(23)27)31(28,29)26-8-9-30-18(11-26)14-2-1-3-16-13(14)6-7-24-16/h1-7,10,18,24-25H,8-9,11H2,(H2,23,27). The van der Waals surface area contributed by atoms with Crippen molar-refractivity contribution in [3.05, 3.63) is 64.9 Å². The molecule has 1 amide bonds. The lowest BCUT2D eigenvalue weighted by molar-refractivity contribution is -0.00171. The smallest absolute Gasteiger partial charge is 0.266 e. The van der Waals surface area contributed by atoms with Gasteiger partial charge in [-0.2, -0.15) is 4.31 Å². The zero-order valence-corrected chi connectivity index (χ0v) is 17.8. The predicted octanol–water partition coefficient (Wildman–Crippen LogP) is 3.16. The fourth-order valence-corrected chi connectivity index (χ4v) is 6.07. The second-order valence-corrected chi connectivity index (χ2v) is 9.70. The molecule has 0 bridgehead atoms. The second kappa shape index (κ2) is 7.38. The predicted molar refractivity (Wildman–Crippen MR) is 118 cm³/mol. The average Bonchev–Trinajstić information content (AvgIpc) is 3.38. The zero-order valence-electron chi connectivity index (χ0n) is 16.3. The number of ether oxygens (including phenoxy) is 1. The van der Waals surface area contributed by atoms with Gasteiger partial charge in [-0.15, -0.1) is 0 Å². The van der Waals surface area contributed by atoms with Gasteiger partial charge < -0.3 is 20.4 Å². The summed E-state index contributed by atoms with van der Waals surface area (Å²) in [6.07, 6.45) is 1.38. The minimum Gasteiger partial charge on any atom is -0.371 e. The number of nitrogens with zero attached hydrogens (tertiary/aromatic N) is 1. The lowest BCUT2D eigenvalue weighted by Gasteiger charge is -2.32. The van der Waals surface area contributed by atoms with Gasteiger partial charge in [-0.1, -0.05) is 23.7 Å². The molecule has 1 aliphatic rings. The monoisotopic (exact) mass is 458 g/mol. The number of H-pyrrole nitrogens is 2. The Hall–Kier alpha value is -2.85. The van der Waals surface area contributed by atoms with Gasteiger partial charge in [0.2, 0.25) is 10.0 Å². The topological polar surface area (TPSA) is 121 Å². The summed E-state index contributed by atoms with van der Waals surface area (Å²) in [5, 5.41) is 1.67. The Balaban J connectivity index is 1.58. The molecule has 10 heteroatoms. The SMILES string of the molecule is NC(=O)c1[nH]c2ccc(Cl)cc2c1S(=O)(=O)N1CCOC(c2cccc3[nH]ccc23)C1. The van der Waals surface area contributed by atoms with Gasteiger partial charge >= 0.3 is 0 Å². The van der Waals surface area contributed by atoms with Crippen molar-refractivity contribution in [1.82, 2.24) is 14.3 Å². The van der Waals surface area contributed by atoms with Gasteiger partial charge in [0.25, 0.3) is 5.91 Å². The van der Waals surface area contributed by atoms with Gasteiger partial charge in [0.05, 0.1) is 12.7 Å². The molecule has 1 unspecified atom stereocenters. The van der Waals surface area contributed by atoms with Gasteiger partial charge in [0.15, 0.2) is 0 Å². The number of rotatable bonds is 4. The zero-order chi connectivity index (χ0) is 21.8. The highest BCUT2D eigenvalue weighted by Crippen LogP contribution is 2.35. The van der Waals surface area contributed by atoms with Crippen LogP contribution in [0.25, 0.3) is 21.8 Å². The first-order valence-corrected chi connectivity index (χ1v) is 11.5. The molecule has 3 heterocycles. The first-order chi connectivity index (χ1) is 14.9. The van der Waals surface area contributed by atoms with E-state index in [9.17, 15) is 13.2 Å². The first kappa shape index (κ1) is 20.1. The Kier molecular flexibility index (Phi) is 4.78. The number of sulfonamides is 1. The van der Waals surface area contributed by atoms with Gasteiger partial charge in [0.1, 0.15) is 10.6 Å². The maximum absolute atomic E-state index is 13.7. The Morgan fingerprint density at radius 3 is 2.81 bits per heavy atom. The molecular weight excluding hydrogens is 440 g/mol. The van der Waals surface area contributed by atoms with Gasteiger partial charge in [-0.25, -0.2) is 8.42 Å². The number of hydrogen-bond acceptors (Lipinski definition) is 4. The number of carbonyl (C=O) groups is 1. The maximum Gasteiger partial charge on any atom is 0.266 e. The molecule has 0 spiro atoms. The molecular formula is C21H19ClN4O4S. The van der Waals surface area contributed by atoms with E-state index in [1.807, 2.05) is 30.5 Å². The van der Waals surface area contributed by atoms with Crippen molar-refractivity contribution in [2.45, 2.75) is 11.0 Å². The van der Waals surface area contributed by atoms with E-state index >= 15 is 0 Å². The number of nitrogens with two attached hydrogens (primary N) is 1. The highest BCUT2D eigenvalue weighted by atomic mass is 35.5. The molecule has 1 atom stereocenters. The third kappa shape index (κ3) is 3.30. The lowest BCUT2D eigenvalue weighted by atomic mass is 10.0. The molecule has 160 valence electrons. The van der Waals surface area contributed by atoms with Crippen molar-refractivity contribution in [3.8, 4) is 0 Å². The largest absolute Gasteiger partial charge is 0.371 e. The van der Waals surface area contributed by atoms with Gasteiger partial charge in [-0.3, -0.25) is 4.79 Å². The maximum atomic E-state index is 13.7. The van der Waals surface area contributed by atoms with Gasteiger partial charge in [-0.05, 0) is 35.9 Å². The van der Waals surface area contributed by atoms with E-state index in [2.05, 4.69) is 9.97 Å². The lowest BCUT2D eigenvalue weighted by Crippen LogP contribution is -2.42. The molecule has 5 rings (SSSR count). The van der Waals surface area contributed by atoms with E-state index in [1.165, 1.54) is 10.4 Å². The number of nitrogens with one attached hydrogen (secondary N) is 2. The molecule has 2 aromatic carbocycles. The summed E-state index contributed by atoms with van der Waals surface area (Å²) in [4.78, 5) is 17.9. The normalized spacial score (nSPS) is 18.0. The van der Waals surface area contributed by atoms with E-state index < -0.39 is 22.0 Å². The second-order valence-electron chi connectivity index (χ2n) is 7.39. The molecule has 0 radical (unpaired) electrons. The summed E-state index contributed by atoms with van der Waals surface area (Å²) in [6, 6.07) is 12.5. The van der Waals surface area contributed by atoms with Crippen LogP contribution in [0.2, 0.25) is 5.02 Å². The van der Waals surface area contributed by atoms with E-state index in [0.29, 0.717) is 15.9 Å². The molecule has 31 heavy (non-hydrogen) atoms. The number of carbonyl (C=O) groups excluding carboxylic acids is 1. The summed E-state index contributed by atoms with van der Waals surface area (Å²) < 4.78 is 34.6. The molecule has 1 fully saturated rings. The number of halogens is 1. The number of benzene rings is 2. The van der Waals surface area contributed by atoms with Crippen molar-refractivity contribution >= 4 is 49.3 Å². The summed E-state index contributed by atoms with van der Waals surface area (Å²) >= 11 is 6.10. The number of amides is 1. The molecule has 2 aromatic heterocycles. The minimum absolute atomic E-state index is 0.109. The molecule has 0 aliphatic carbocycles. The van der Waals surface area contributed by atoms with E-state index in [1.54, 1.807) is 12.1 Å². The van der Waals surface area contributed by atoms with E-state index in [4.69, 9.17) is 22.1 Å². The Labute approximate surface area is 183 Å². The van der Waals surface area contributed by atoms with E-state index in [0.717, 1.165) is 16.5 Å². The van der Waals surface area contributed by atoms with Crippen LogP contribution in [0.15, 0.2) is 53.6 Å². The number of aromatic amines is 2. The number of aromatic nitrogens is 2. The molecule has 0 saturated carbocycles. The Bertz CT molecular complexity index is 1430. The highest BCUT2D eigenvalue weighted by molar-refractivity contribution is 7.89. The van der Waals surface area contributed by atoms with Crippen LogP contribution in [0, 0.1) is 0 Å². The number of hydrogen-bond donors (Lipinski definition) is 3. The molecule has 8 nitrogen and oxygen atoms in total. The molecule has 4 N–H and O–H groups in total. The average molecular weight is 459 g/mol. The quantitative estimate of drug-likeness (QED) is 0.434. The van der Waals surface area contributed by atoms with Crippen molar-refractivity contribution in [2.24, 2.45) is 5.73 Å². The van der Waals surface area contributed by atoms with Crippen molar-refractivity contribution in [2.75, 3.05) is 19.7 Å². The number of fused-ring (bicyclic) bond motifs is 2. The van der Waals surface area contributed by atoms with Gasteiger partial charge in [0, 0.05) is 46.1 Å². The molecule has 1 aliphatic heterocycles. The van der Waals surface area contributed by atoms with Crippen LogP contribution in [0.5, 0.6) is 0 Å². The Morgan fingerprint density at radius 1 is 1.16 bits per heavy atom. The third-order valence-electron chi connectivity index (χ3n) is 5.56.